The molecule has 1 aromatic carbocycles. The van der Waals surface area contributed by atoms with Crippen LogP contribution < -0.4 is 16.4 Å². The minimum atomic E-state index is -0.321. The van der Waals surface area contributed by atoms with Crippen LogP contribution in [0.25, 0.3) is 0 Å². The number of urea groups is 1. The molecule has 0 aromatic heterocycles. The zero-order chi connectivity index (χ0) is 13.5. The van der Waals surface area contributed by atoms with Gasteiger partial charge in [0.05, 0.1) is 0 Å². The maximum absolute atomic E-state index is 11.6. The molecule has 1 aromatic rings. The molecule has 0 saturated heterocycles. The minimum absolute atomic E-state index is 0.0818. The maximum atomic E-state index is 11.6. The Bertz CT molecular complexity index is 445. The van der Waals surface area contributed by atoms with Gasteiger partial charge in [-0.1, -0.05) is 17.3 Å². The van der Waals surface area contributed by atoms with Gasteiger partial charge in [0.2, 0.25) is 0 Å². The fourth-order valence-electron chi connectivity index (χ4n) is 1.52. The van der Waals surface area contributed by atoms with E-state index in [9.17, 15) is 4.79 Å². The third-order valence-corrected chi connectivity index (χ3v) is 2.30. The van der Waals surface area contributed by atoms with Gasteiger partial charge in [-0.05, 0) is 31.5 Å². The number of hydrogen-bond donors (Lipinski definition) is 4. The van der Waals surface area contributed by atoms with Gasteiger partial charge in [0.1, 0.15) is 5.84 Å². The average molecular weight is 250 g/mol. The Hall–Kier alpha value is -2.24. The summed E-state index contributed by atoms with van der Waals surface area (Å²) in [6.07, 6.45) is 0.289. The van der Waals surface area contributed by atoms with Crippen molar-refractivity contribution in [2.24, 2.45) is 10.9 Å². The molecule has 1 rings (SSSR count). The minimum Gasteiger partial charge on any atom is -0.409 e. The van der Waals surface area contributed by atoms with Crippen LogP contribution in [0, 0.1) is 6.92 Å². The molecule has 6 heteroatoms. The van der Waals surface area contributed by atoms with Crippen molar-refractivity contribution in [3.63, 3.8) is 0 Å². The lowest BCUT2D eigenvalue weighted by Crippen LogP contribution is -2.38. The van der Waals surface area contributed by atoms with Crippen LogP contribution >= 0.6 is 0 Å². The average Bonchev–Trinajstić information content (AvgIpc) is 2.28. The Morgan fingerprint density at radius 2 is 2.28 bits per heavy atom. The highest BCUT2D eigenvalue weighted by molar-refractivity contribution is 5.90. The van der Waals surface area contributed by atoms with E-state index in [2.05, 4.69) is 15.8 Å². The van der Waals surface area contributed by atoms with Crippen molar-refractivity contribution >= 4 is 17.6 Å². The number of amidine groups is 1. The van der Waals surface area contributed by atoms with Gasteiger partial charge < -0.3 is 21.6 Å². The molecular formula is C12H18N4O2. The molecule has 0 spiro atoms. The summed E-state index contributed by atoms with van der Waals surface area (Å²) in [4.78, 5) is 11.6. The lowest BCUT2D eigenvalue weighted by atomic mass is 10.2. The summed E-state index contributed by atoms with van der Waals surface area (Å²) in [5.41, 5.74) is 7.14. The molecule has 0 fully saturated rings. The van der Waals surface area contributed by atoms with E-state index in [1.54, 1.807) is 13.0 Å². The van der Waals surface area contributed by atoms with Crippen LogP contribution in [-0.2, 0) is 0 Å². The number of amides is 2. The molecule has 0 heterocycles. The van der Waals surface area contributed by atoms with Crippen molar-refractivity contribution in [1.82, 2.24) is 5.32 Å². The second-order valence-electron chi connectivity index (χ2n) is 4.16. The lowest BCUT2D eigenvalue weighted by molar-refractivity contribution is 0.249. The summed E-state index contributed by atoms with van der Waals surface area (Å²) in [6, 6.07) is 6.95. The Kier molecular flexibility index (Phi) is 4.98. The number of hydrogen-bond acceptors (Lipinski definition) is 3. The number of oxime groups is 1. The van der Waals surface area contributed by atoms with Crippen LogP contribution in [0.3, 0.4) is 0 Å². The van der Waals surface area contributed by atoms with Gasteiger partial charge in [0, 0.05) is 18.2 Å². The van der Waals surface area contributed by atoms with Gasteiger partial charge >= 0.3 is 6.03 Å². The first kappa shape index (κ1) is 13.8. The zero-order valence-electron chi connectivity index (χ0n) is 10.5. The van der Waals surface area contributed by atoms with Crippen LogP contribution in [0.4, 0.5) is 10.5 Å². The molecule has 5 N–H and O–H groups in total. The third-order valence-electron chi connectivity index (χ3n) is 2.30. The molecule has 1 unspecified atom stereocenters. The smallest absolute Gasteiger partial charge is 0.319 e. The van der Waals surface area contributed by atoms with Crippen LogP contribution in [0.15, 0.2) is 29.4 Å². The molecular weight excluding hydrogens is 232 g/mol. The predicted molar refractivity (Wildman–Crippen MR) is 70.8 cm³/mol. The summed E-state index contributed by atoms with van der Waals surface area (Å²) in [5.74, 6) is 0.0818. The standard InChI is InChI=1S/C12H18N4O2/c1-8-4-3-5-10(6-8)15-12(17)14-9(2)7-11(13)16-18/h3-6,9,18H,7H2,1-2H3,(H2,13,16)(H2,14,15,17). The predicted octanol–water partition coefficient (Wildman–Crippen LogP) is 1.64. The fourth-order valence-corrected chi connectivity index (χ4v) is 1.52. The number of nitrogens with one attached hydrogen (secondary N) is 2. The van der Waals surface area contributed by atoms with Crippen molar-refractivity contribution in [3.8, 4) is 0 Å². The third kappa shape index (κ3) is 4.73. The lowest BCUT2D eigenvalue weighted by Gasteiger charge is -2.14. The number of benzene rings is 1. The van der Waals surface area contributed by atoms with Crippen molar-refractivity contribution in [3.05, 3.63) is 29.8 Å². The molecule has 0 radical (unpaired) electrons. The van der Waals surface area contributed by atoms with Crippen LogP contribution in [-0.4, -0.2) is 23.1 Å². The van der Waals surface area contributed by atoms with E-state index >= 15 is 0 Å². The molecule has 0 aliphatic heterocycles. The van der Waals surface area contributed by atoms with Crippen LogP contribution in [0.2, 0.25) is 0 Å². The molecule has 0 aliphatic carbocycles. The largest absolute Gasteiger partial charge is 0.409 e. The van der Waals surface area contributed by atoms with Gasteiger partial charge in [-0.3, -0.25) is 0 Å². The summed E-state index contributed by atoms with van der Waals surface area (Å²) in [6.45, 7) is 3.72. The van der Waals surface area contributed by atoms with Crippen LogP contribution in [0.5, 0.6) is 0 Å². The number of carbonyl (C=O) groups excluding carboxylic acids is 1. The number of nitrogens with zero attached hydrogens (tertiary/aromatic N) is 1. The highest BCUT2D eigenvalue weighted by atomic mass is 16.4. The molecule has 98 valence electrons. The Morgan fingerprint density at radius 3 is 2.89 bits per heavy atom. The monoisotopic (exact) mass is 250 g/mol. The number of carbonyl (C=O) groups is 1. The summed E-state index contributed by atoms with van der Waals surface area (Å²) >= 11 is 0. The Morgan fingerprint density at radius 1 is 1.56 bits per heavy atom. The first-order valence-corrected chi connectivity index (χ1v) is 5.62. The van der Waals surface area contributed by atoms with E-state index in [-0.39, 0.29) is 24.3 Å². The van der Waals surface area contributed by atoms with E-state index < -0.39 is 0 Å². The molecule has 0 aliphatic rings. The Labute approximate surface area is 106 Å². The van der Waals surface area contributed by atoms with Gasteiger partial charge in [0.15, 0.2) is 0 Å². The maximum Gasteiger partial charge on any atom is 0.319 e. The van der Waals surface area contributed by atoms with E-state index in [4.69, 9.17) is 10.9 Å². The number of anilines is 1. The fraction of sp³-hybridized carbons (Fsp3) is 0.333. The zero-order valence-corrected chi connectivity index (χ0v) is 10.5. The van der Waals surface area contributed by atoms with E-state index in [0.717, 1.165) is 11.3 Å². The second kappa shape index (κ2) is 6.48. The topological polar surface area (TPSA) is 99.7 Å². The first-order valence-electron chi connectivity index (χ1n) is 5.62. The molecule has 2 amide bonds. The van der Waals surface area contributed by atoms with Crippen molar-refractivity contribution in [2.75, 3.05) is 5.32 Å². The number of rotatable bonds is 4. The van der Waals surface area contributed by atoms with Gasteiger partial charge in [-0.2, -0.15) is 0 Å². The first-order chi connectivity index (χ1) is 8.51. The van der Waals surface area contributed by atoms with Gasteiger partial charge in [0.25, 0.3) is 0 Å². The van der Waals surface area contributed by atoms with Gasteiger partial charge in [-0.15, -0.1) is 0 Å². The van der Waals surface area contributed by atoms with Crippen molar-refractivity contribution in [2.45, 2.75) is 26.3 Å². The van der Waals surface area contributed by atoms with E-state index in [1.165, 1.54) is 0 Å². The molecule has 1 atom stereocenters. The second-order valence-corrected chi connectivity index (χ2v) is 4.16. The molecule has 18 heavy (non-hydrogen) atoms. The summed E-state index contributed by atoms with van der Waals surface area (Å²) in [5, 5.41) is 16.7. The van der Waals surface area contributed by atoms with E-state index in [0.29, 0.717) is 0 Å². The van der Waals surface area contributed by atoms with E-state index in [1.807, 2.05) is 25.1 Å². The number of nitrogens with two attached hydrogens (primary N) is 1. The Balaban J connectivity index is 2.47. The van der Waals surface area contributed by atoms with Crippen molar-refractivity contribution < 1.29 is 10.0 Å². The highest BCUT2D eigenvalue weighted by Crippen LogP contribution is 2.09. The molecule has 6 nitrogen and oxygen atoms in total. The van der Waals surface area contributed by atoms with Crippen LogP contribution in [0.1, 0.15) is 18.9 Å². The summed E-state index contributed by atoms with van der Waals surface area (Å²) in [7, 11) is 0. The van der Waals surface area contributed by atoms with Gasteiger partial charge in [-0.25, -0.2) is 4.79 Å². The summed E-state index contributed by atoms with van der Waals surface area (Å²) < 4.78 is 0. The normalized spacial score (nSPS) is 12.9. The number of aryl methyl sites for hydroxylation is 1. The quantitative estimate of drug-likeness (QED) is 0.283. The molecule has 0 saturated carbocycles. The SMILES string of the molecule is Cc1cccc(NC(=O)NC(C)CC(N)=NO)c1. The highest BCUT2D eigenvalue weighted by Gasteiger charge is 2.09. The molecule has 0 bridgehead atoms. The van der Waals surface area contributed by atoms with Crippen molar-refractivity contribution in [1.29, 1.82) is 0 Å².